The van der Waals surface area contributed by atoms with Gasteiger partial charge in [0.05, 0.1) is 11.8 Å². The first-order valence-electron chi connectivity index (χ1n) is 5.39. The van der Waals surface area contributed by atoms with Crippen LogP contribution in [0.25, 0.3) is 0 Å². The molecular weight excluding hydrogens is 193 g/mol. The van der Waals surface area contributed by atoms with Crippen molar-refractivity contribution in [3.8, 4) is 5.75 Å². The maximum atomic E-state index is 13.1. The first kappa shape index (κ1) is 10.3. The van der Waals surface area contributed by atoms with Crippen molar-refractivity contribution in [1.29, 1.82) is 0 Å². The van der Waals surface area contributed by atoms with Crippen LogP contribution in [-0.2, 0) is 0 Å². The Labute approximate surface area is 89.2 Å². The molecule has 0 bridgehead atoms. The first-order chi connectivity index (χ1) is 7.16. The van der Waals surface area contributed by atoms with Gasteiger partial charge in [0.25, 0.3) is 0 Å². The van der Waals surface area contributed by atoms with E-state index in [1.807, 2.05) is 0 Å². The maximum absolute atomic E-state index is 13.1. The van der Waals surface area contributed by atoms with Crippen LogP contribution in [0.4, 0.5) is 10.1 Å². The van der Waals surface area contributed by atoms with E-state index in [0.717, 1.165) is 12.8 Å². The monoisotopic (exact) mass is 209 g/mol. The average Bonchev–Trinajstić information content (AvgIpc) is 2.67. The van der Waals surface area contributed by atoms with Crippen molar-refractivity contribution in [2.45, 2.75) is 38.7 Å². The van der Waals surface area contributed by atoms with Gasteiger partial charge in [-0.3, -0.25) is 0 Å². The second-order valence-corrected chi connectivity index (χ2v) is 4.16. The fraction of sp³-hybridized carbons (Fsp3) is 0.500. The molecule has 82 valence electrons. The van der Waals surface area contributed by atoms with E-state index >= 15 is 0 Å². The summed E-state index contributed by atoms with van der Waals surface area (Å²) in [6.07, 6.45) is 4.85. The van der Waals surface area contributed by atoms with E-state index in [1.165, 1.54) is 18.9 Å². The Balaban J connectivity index is 2.16. The predicted molar refractivity (Wildman–Crippen MR) is 58.4 cm³/mol. The van der Waals surface area contributed by atoms with Crippen LogP contribution in [0, 0.1) is 12.7 Å². The average molecular weight is 209 g/mol. The zero-order valence-electron chi connectivity index (χ0n) is 8.92. The number of hydrogen-bond acceptors (Lipinski definition) is 2. The van der Waals surface area contributed by atoms with Crippen LogP contribution >= 0.6 is 0 Å². The van der Waals surface area contributed by atoms with Crippen molar-refractivity contribution < 1.29 is 9.13 Å². The molecule has 0 aliphatic heterocycles. The van der Waals surface area contributed by atoms with Crippen LogP contribution in [-0.4, -0.2) is 6.10 Å². The molecule has 0 atom stereocenters. The molecule has 1 fully saturated rings. The second-order valence-electron chi connectivity index (χ2n) is 4.16. The minimum atomic E-state index is -0.272. The Kier molecular flexibility index (Phi) is 2.80. The summed E-state index contributed by atoms with van der Waals surface area (Å²) in [4.78, 5) is 0. The molecule has 1 saturated carbocycles. The van der Waals surface area contributed by atoms with Gasteiger partial charge in [-0.05, 0) is 44.2 Å². The summed E-state index contributed by atoms with van der Waals surface area (Å²) in [5.74, 6) is 0.354. The van der Waals surface area contributed by atoms with E-state index in [4.69, 9.17) is 10.5 Å². The van der Waals surface area contributed by atoms with Crippen LogP contribution in [0.15, 0.2) is 12.1 Å². The predicted octanol–water partition coefficient (Wildman–Crippen LogP) is 3.04. The lowest BCUT2D eigenvalue weighted by Crippen LogP contribution is -2.12. The topological polar surface area (TPSA) is 35.2 Å². The van der Waals surface area contributed by atoms with Crippen molar-refractivity contribution in [3.63, 3.8) is 0 Å². The molecule has 1 aromatic carbocycles. The highest BCUT2D eigenvalue weighted by Gasteiger charge is 2.18. The Morgan fingerprint density at radius 2 is 2.00 bits per heavy atom. The highest BCUT2D eigenvalue weighted by molar-refractivity contribution is 5.54. The second kappa shape index (κ2) is 4.09. The van der Waals surface area contributed by atoms with E-state index in [9.17, 15) is 4.39 Å². The SMILES string of the molecule is Cc1cc(OC2CCCC2)c(N)cc1F. The molecule has 0 spiro atoms. The van der Waals surface area contributed by atoms with Crippen LogP contribution in [0.3, 0.4) is 0 Å². The van der Waals surface area contributed by atoms with E-state index in [0.29, 0.717) is 17.0 Å². The molecule has 1 aromatic rings. The van der Waals surface area contributed by atoms with Crippen molar-refractivity contribution in [1.82, 2.24) is 0 Å². The standard InChI is InChI=1S/C12H16FNO/c1-8-6-12(11(14)7-10(8)13)15-9-4-2-3-5-9/h6-7,9H,2-5,14H2,1H3. The number of rotatable bonds is 2. The lowest BCUT2D eigenvalue weighted by Gasteiger charge is -2.15. The summed E-state index contributed by atoms with van der Waals surface area (Å²) >= 11 is 0. The molecule has 3 heteroatoms. The number of nitrogen functional groups attached to an aromatic ring is 1. The van der Waals surface area contributed by atoms with E-state index in [-0.39, 0.29) is 11.9 Å². The van der Waals surface area contributed by atoms with Gasteiger partial charge in [0.2, 0.25) is 0 Å². The zero-order chi connectivity index (χ0) is 10.8. The molecule has 2 N–H and O–H groups in total. The van der Waals surface area contributed by atoms with Gasteiger partial charge in [0, 0.05) is 6.07 Å². The summed E-state index contributed by atoms with van der Waals surface area (Å²) in [5.41, 5.74) is 6.68. The lowest BCUT2D eigenvalue weighted by molar-refractivity contribution is 0.211. The smallest absolute Gasteiger partial charge is 0.143 e. The van der Waals surface area contributed by atoms with Gasteiger partial charge in [0.1, 0.15) is 11.6 Å². The van der Waals surface area contributed by atoms with Gasteiger partial charge in [-0.1, -0.05) is 0 Å². The molecule has 1 aliphatic rings. The Bertz CT molecular complexity index is 359. The van der Waals surface area contributed by atoms with Crippen LogP contribution in [0.2, 0.25) is 0 Å². The Hall–Kier alpha value is -1.25. The minimum absolute atomic E-state index is 0.261. The summed E-state index contributed by atoms with van der Waals surface area (Å²) in [6, 6.07) is 3.02. The van der Waals surface area contributed by atoms with Crippen molar-refractivity contribution in [3.05, 3.63) is 23.5 Å². The summed E-state index contributed by atoms with van der Waals surface area (Å²) in [7, 11) is 0. The molecule has 0 aromatic heterocycles. The molecule has 2 rings (SSSR count). The lowest BCUT2D eigenvalue weighted by atomic mass is 10.2. The van der Waals surface area contributed by atoms with Gasteiger partial charge < -0.3 is 10.5 Å². The van der Waals surface area contributed by atoms with Crippen molar-refractivity contribution in [2.24, 2.45) is 0 Å². The number of aryl methyl sites for hydroxylation is 1. The largest absolute Gasteiger partial charge is 0.488 e. The molecule has 2 nitrogen and oxygen atoms in total. The molecule has 0 radical (unpaired) electrons. The first-order valence-corrected chi connectivity index (χ1v) is 5.39. The van der Waals surface area contributed by atoms with E-state index < -0.39 is 0 Å². The Morgan fingerprint density at radius 1 is 1.33 bits per heavy atom. The highest BCUT2D eigenvalue weighted by atomic mass is 19.1. The molecule has 0 amide bonds. The fourth-order valence-corrected chi connectivity index (χ4v) is 1.96. The molecular formula is C12H16FNO. The Morgan fingerprint density at radius 3 is 2.67 bits per heavy atom. The van der Waals surface area contributed by atoms with Crippen LogP contribution in [0.1, 0.15) is 31.2 Å². The highest BCUT2D eigenvalue weighted by Crippen LogP contribution is 2.29. The number of hydrogen-bond donors (Lipinski definition) is 1. The zero-order valence-corrected chi connectivity index (χ0v) is 8.92. The van der Waals surface area contributed by atoms with Gasteiger partial charge >= 0.3 is 0 Å². The van der Waals surface area contributed by atoms with Crippen molar-refractivity contribution >= 4 is 5.69 Å². The number of ether oxygens (including phenoxy) is 1. The maximum Gasteiger partial charge on any atom is 0.143 e. The van der Waals surface area contributed by atoms with Crippen LogP contribution < -0.4 is 10.5 Å². The molecule has 0 heterocycles. The summed E-state index contributed by atoms with van der Waals surface area (Å²) in [5, 5.41) is 0. The fourth-order valence-electron chi connectivity index (χ4n) is 1.96. The number of benzene rings is 1. The quantitative estimate of drug-likeness (QED) is 0.760. The minimum Gasteiger partial charge on any atom is -0.488 e. The third kappa shape index (κ3) is 2.22. The number of halogens is 1. The van der Waals surface area contributed by atoms with Gasteiger partial charge in [-0.25, -0.2) is 4.39 Å². The molecule has 15 heavy (non-hydrogen) atoms. The van der Waals surface area contributed by atoms with E-state index in [2.05, 4.69) is 0 Å². The molecule has 0 saturated heterocycles. The van der Waals surface area contributed by atoms with Crippen LogP contribution in [0.5, 0.6) is 5.75 Å². The van der Waals surface area contributed by atoms with Gasteiger partial charge in [-0.15, -0.1) is 0 Å². The normalized spacial score (nSPS) is 16.9. The summed E-state index contributed by atoms with van der Waals surface area (Å²) in [6.45, 7) is 1.72. The van der Waals surface area contributed by atoms with E-state index in [1.54, 1.807) is 13.0 Å². The molecule has 1 aliphatic carbocycles. The molecule has 0 unspecified atom stereocenters. The van der Waals surface area contributed by atoms with Gasteiger partial charge in [-0.2, -0.15) is 0 Å². The van der Waals surface area contributed by atoms with Gasteiger partial charge in [0.15, 0.2) is 0 Å². The summed E-state index contributed by atoms with van der Waals surface area (Å²) < 4.78 is 18.9. The third-order valence-corrected chi connectivity index (χ3v) is 2.89. The number of anilines is 1. The number of nitrogens with two attached hydrogens (primary N) is 1. The third-order valence-electron chi connectivity index (χ3n) is 2.89. The van der Waals surface area contributed by atoms with Crippen molar-refractivity contribution in [2.75, 3.05) is 5.73 Å².